The smallest absolute Gasteiger partial charge is 0.247 e. The van der Waals surface area contributed by atoms with E-state index in [1.165, 1.54) is 0 Å². The van der Waals surface area contributed by atoms with Crippen LogP contribution in [0.25, 0.3) is 11.5 Å². The van der Waals surface area contributed by atoms with Gasteiger partial charge in [-0.05, 0) is 37.1 Å². The molecule has 6 nitrogen and oxygen atoms in total. The van der Waals surface area contributed by atoms with Crippen LogP contribution in [-0.4, -0.2) is 41.2 Å². The summed E-state index contributed by atoms with van der Waals surface area (Å²) in [5, 5.41) is 8.34. The first-order chi connectivity index (χ1) is 11.2. The molecule has 1 aliphatic rings. The fourth-order valence-electron chi connectivity index (χ4n) is 2.88. The molecule has 6 heteroatoms. The van der Waals surface area contributed by atoms with Gasteiger partial charge in [0.25, 0.3) is 0 Å². The number of ether oxygens (including phenoxy) is 1. The van der Waals surface area contributed by atoms with Crippen LogP contribution in [0, 0.1) is 0 Å². The topological polar surface area (TPSA) is 68.5 Å². The van der Waals surface area contributed by atoms with E-state index in [1.807, 2.05) is 36.1 Å². The average molecular weight is 315 g/mol. The predicted octanol–water partition coefficient (Wildman–Crippen LogP) is 2.86. The Balaban J connectivity index is 1.74. The van der Waals surface area contributed by atoms with Gasteiger partial charge in [0.2, 0.25) is 17.7 Å². The highest BCUT2D eigenvalue weighted by molar-refractivity contribution is 5.76. The van der Waals surface area contributed by atoms with Gasteiger partial charge < -0.3 is 14.1 Å². The molecular weight excluding hydrogens is 294 g/mol. The summed E-state index contributed by atoms with van der Waals surface area (Å²) in [4.78, 5) is 13.8. The summed E-state index contributed by atoms with van der Waals surface area (Å²) in [5.74, 6) is 2.21. The molecule has 1 aromatic heterocycles. The van der Waals surface area contributed by atoms with Crippen molar-refractivity contribution >= 4 is 5.91 Å². The number of nitrogens with zero attached hydrogens (tertiary/aromatic N) is 3. The lowest BCUT2D eigenvalue weighted by atomic mass is 9.98. The first-order valence-electron chi connectivity index (χ1n) is 7.97. The molecule has 2 heterocycles. The normalized spacial score (nSPS) is 18.0. The summed E-state index contributed by atoms with van der Waals surface area (Å²) in [7, 11) is 1.63. The van der Waals surface area contributed by atoms with Gasteiger partial charge in [-0.25, -0.2) is 0 Å². The molecule has 1 amide bonds. The minimum atomic E-state index is 0.124. The number of carbonyl (C=O) groups is 1. The van der Waals surface area contributed by atoms with Crippen molar-refractivity contribution in [1.82, 2.24) is 15.1 Å². The van der Waals surface area contributed by atoms with Crippen LogP contribution in [0.4, 0.5) is 0 Å². The van der Waals surface area contributed by atoms with Gasteiger partial charge in [-0.3, -0.25) is 4.79 Å². The zero-order valence-electron chi connectivity index (χ0n) is 13.5. The Kier molecular flexibility index (Phi) is 4.60. The quantitative estimate of drug-likeness (QED) is 0.868. The maximum absolute atomic E-state index is 11.9. The standard InChI is InChI=1S/C17H21N3O3/c1-3-15(21)20-10-4-5-13(11-20)17-19-18-16(23-17)12-6-8-14(22-2)9-7-12/h6-9,13H,3-5,10-11H2,1-2H3. The summed E-state index contributed by atoms with van der Waals surface area (Å²) < 4.78 is 11.0. The number of methoxy groups -OCH3 is 1. The van der Waals surface area contributed by atoms with Crippen LogP contribution in [0.5, 0.6) is 5.75 Å². The molecule has 0 saturated carbocycles. The van der Waals surface area contributed by atoms with Crippen LogP contribution >= 0.6 is 0 Å². The van der Waals surface area contributed by atoms with Crippen LogP contribution in [0.3, 0.4) is 0 Å². The van der Waals surface area contributed by atoms with Crippen molar-refractivity contribution in [3.8, 4) is 17.2 Å². The van der Waals surface area contributed by atoms with Gasteiger partial charge in [0.15, 0.2) is 0 Å². The Morgan fingerprint density at radius 3 is 2.83 bits per heavy atom. The first-order valence-corrected chi connectivity index (χ1v) is 7.97. The highest BCUT2D eigenvalue weighted by atomic mass is 16.5. The fourth-order valence-corrected chi connectivity index (χ4v) is 2.88. The van der Waals surface area contributed by atoms with Gasteiger partial charge in [-0.15, -0.1) is 10.2 Å². The van der Waals surface area contributed by atoms with Crippen LogP contribution in [0.15, 0.2) is 28.7 Å². The SMILES string of the molecule is CCC(=O)N1CCCC(c2nnc(-c3ccc(OC)cc3)o2)C1. The minimum Gasteiger partial charge on any atom is -0.497 e. The van der Waals surface area contributed by atoms with Crippen LogP contribution in [0.1, 0.15) is 38.0 Å². The number of aromatic nitrogens is 2. The van der Waals surface area contributed by atoms with E-state index in [1.54, 1.807) is 7.11 Å². The number of carbonyl (C=O) groups excluding carboxylic acids is 1. The van der Waals surface area contributed by atoms with Gasteiger partial charge in [-0.2, -0.15) is 0 Å². The molecular formula is C17H21N3O3. The Hall–Kier alpha value is -2.37. The first kappa shape index (κ1) is 15.5. The summed E-state index contributed by atoms with van der Waals surface area (Å²) in [6.07, 6.45) is 2.47. The molecule has 122 valence electrons. The molecule has 23 heavy (non-hydrogen) atoms. The average Bonchev–Trinajstić information content (AvgIpc) is 3.11. The van der Waals surface area contributed by atoms with Crippen LogP contribution in [-0.2, 0) is 4.79 Å². The monoisotopic (exact) mass is 315 g/mol. The van der Waals surface area contributed by atoms with E-state index in [0.717, 1.165) is 30.7 Å². The molecule has 2 aromatic rings. The van der Waals surface area contributed by atoms with Gasteiger partial charge in [0.1, 0.15) is 5.75 Å². The van der Waals surface area contributed by atoms with E-state index in [9.17, 15) is 4.79 Å². The minimum absolute atomic E-state index is 0.124. The summed E-state index contributed by atoms with van der Waals surface area (Å²) in [5.41, 5.74) is 0.863. The van der Waals surface area contributed by atoms with E-state index >= 15 is 0 Å². The van der Waals surface area contributed by atoms with Crippen molar-refractivity contribution in [2.75, 3.05) is 20.2 Å². The Morgan fingerprint density at radius 1 is 1.35 bits per heavy atom. The van der Waals surface area contributed by atoms with Crippen molar-refractivity contribution in [2.24, 2.45) is 0 Å². The molecule has 0 aliphatic carbocycles. The molecule has 3 rings (SSSR count). The predicted molar refractivity (Wildman–Crippen MR) is 85.1 cm³/mol. The van der Waals surface area contributed by atoms with Crippen molar-refractivity contribution in [1.29, 1.82) is 0 Å². The van der Waals surface area contributed by atoms with Crippen LogP contribution < -0.4 is 4.74 Å². The molecule has 1 saturated heterocycles. The zero-order chi connectivity index (χ0) is 16.2. The second kappa shape index (κ2) is 6.81. The number of likely N-dealkylation sites (tertiary alicyclic amines) is 1. The van der Waals surface area contributed by atoms with Crippen molar-refractivity contribution in [2.45, 2.75) is 32.1 Å². The van der Waals surface area contributed by atoms with E-state index in [0.29, 0.717) is 24.7 Å². The molecule has 0 spiro atoms. The van der Waals surface area contributed by atoms with E-state index in [-0.39, 0.29) is 11.8 Å². The second-order valence-electron chi connectivity index (χ2n) is 5.71. The van der Waals surface area contributed by atoms with Crippen molar-refractivity contribution in [3.63, 3.8) is 0 Å². The van der Waals surface area contributed by atoms with Gasteiger partial charge >= 0.3 is 0 Å². The van der Waals surface area contributed by atoms with E-state index < -0.39 is 0 Å². The number of hydrogen-bond acceptors (Lipinski definition) is 5. The Labute approximate surface area is 135 Å². The maximum Gasteiger partial charge on any atom is 0.247 e. The molecule has 0 N–H and O–H groups in total. The fraction of sp³-hybridized carbons (Fsp3) is 0.471. The lowest BCUT2D eigenvalue weighted by molar-refractivity contribution is -0.132. The van der Waals surface area contributed by atoms with Crippen molar-refractivity contribution in [3.05, 3.63) is 30.2 Å². The molecule has 1 unspecified atom stereocenters. The highest BCUT2D eigenvalue weighted by Crippen LogP contribution is 2.29. The number of benzene rings is 1. The molecule has 0 bridgehead atoms. The molecule has 1 aromatic carbocycles. The van der Waals surface area contributed by atoms with Gasteiger partial charge in [0.05, 0.1) is 13.0 Å². The largest absolute Gasteiger partial charge is 0.497 e. The second-order valence-corrected chi connectivity index (χ2v) is 5.71. The number of rotatable bonds is 4. The molecule has 1 atom stereocenters. The van der Waals surface area contributed by atoms with Gasteiger partial charge in [-0.1, -0.05) is 6.92 Å². The number of piperidine rings is 1. The third kappa shape index (κ3) is 3.36. The van der Waals surface area contributed by atoms with Crippen molar-refractivity contribution < 1.29 is 13.9 Å². The Morgan fingerprint density at radius 2 is 2.13 bits per heavy atom. The molecule has 0 radical (unpaired) electrons. The van der Waals surface area contributed by atoms with Gasteiger partial charge in [0, 0.05) is 25.1 Å². The third-order valence-electron chi connectivity index (χ3n) is 4.20. The molecule has 1 aliphatic heterocycles. The van der Waals surface area contributed by atoms with E-state index in [4.69, 9.17) is 9.15 Å². The lowest BCUT2D eigenvalue weighted by Crippen LogP contribution is -2.38. The molecule has 1 fully saturated rings. The highest BCUT2D eigenvalue weighted by Gasteiger charge is 2.27. The Bertz CT molecular complexity index is 666. The summed E-state index contributed by atoms with van der Waals surface area (Å²) >= 11 is 0. The number of hydrogen-bond donors (Lipinski definition) is 0. The lowest BCUT2D eigenvalue weighted by Gasteiger charge is -2.30. The van der Waals surface area contributed by atoms with E-state index in [2.05, 4.69) is 10.2 Å². The third-order valence-corrected chi connectivity index (χ3v) is 4.20. The van der Waals surface area contributed by atoms with Crippen LogP contribution in [0.2, 0.25) is 0 Å². The zero-order valence-corrected chi connectivity index (χ0v) is 13.5. The summed E-state index contributed by atoms with van der Waals surface area (Å²) in [6, 6.07) is 7.51. The summed E-state index contributed by atoms with van der Waals surface area (Å²) in [6.45, 7) is 3.37. The number of amides is 1. The maximum atomic E-state index is 11.9.